The van der Waals surface area contributed by atoms with E-state index < -0.39 is 5.97 Å². The van der Waals surface area contributed by atoms with Crippen LogP contribution in [0.5, 0.6) is 0 Å². The molecule has 0 saturated heterocycles. The van der Waals surface area contributed by atoms with E-state index in [2.05, 4.69) is 5.43 Å². The van der Waals surface area contributed by atoms with E-state index in [0.29, 0.717) is 19.3 Å². The van der Waals surface area contributed by atoms with Crippen molar-refractivity contribution in [2.24, 2.45) is 0 Å². The van der Waals surface area contributed by atoms with Gasteiger partial charge in [-0.3, -0.25) is 19.7 Å². The Bertz CT molecular complexity index is 390. The van der Waals surface area contributed by atoms with Crippen LogP contribution in [0.1, 0.15) is 37.1 Å². The Morgan fingerprint density at radius 1 is 1.18 bits per heavy atom. The maximum Gasteiger partial charge on any atom is 0.303 e. The minimum absolute atomic E-state index is 0.0854. The fraction of sp³-hybridized carbons (Fsp3) is 0.500. The largest absolute Gasteiger partial charge is 0.481 e. The molecule has 1 rings (SSSR count). The second kappa shape index (κ2) is 6.08. The van der Waals surface area contributed by atoms with Gasteiger partial charge in [-0.15, -0.1) is 0 Å². The summed E-state index contributed by atoms with van der Waals surface area (Å²) in [7, 11) is 0. The predicted octanol–water partition coefficient (Wildman–Crippen LogP) is 1.82. The summed E-state index contributed by atoms with van der Waals surface area (Å²) < 4.78 is 1.74. The molecule has 0 saturated carbocycles. The number of aryl methyl sites for hydroxylation is 2. The molecule has 2 N–H and O–H groups in total. The van der Waals surface area contributed by atoms with Gasteiger partial charge >= 0.3 is 5.97 Å². The third kappa shape index (κ3) is 4.30. The van der Waals surface area contributed by atoms with Crippen LogP contribution in [-0.4, -0.2) is 21.7 Å². The summed E-state index contributed by atoms with van der Waals surface area (Å²) in [5.74, 6) is -0.903. The summed E-state index contributed by atoms with van der Waals surface area (Å²) in [4.78, 5) is 21.9. The van der Waals surface area contributed by atoms with Crippen molar-refractivity contribution in [2.75, 3.05) is 5.43 Å². The molecule has 0 unspecified atom stereocenters. The van der Waals surface area contributed by atoms with Crippen LogP contribution >= 0.6 is 0 Å². The molecule has 0 aliphatic carbocycles. The standard InChI is InChI=1S/C12H18N2O3/c1-9-7-8-10(2)14(9)13-11(15)5-3-4-6-12(16)17/h7-8H,3-6H2,1-2H3,(H,13,15)(H,16,17). The monoisotopic (exact) mass is 238 g/mol. The third-order valence-electron chi connectivity index (χ3n) is 2.55. The Morgan fingerprint density at radius 3 is 2.24 bits per heavy atom. The fourth-order valence-corrected chi connectivity index (χ4v) is 1.59. The van der Waals surface area contributed by atoms with Gasteiger partial charge in [0.2, 0.25) is 5.91 Å². The average molecular weight is 238 g/mol. The molecular formula is C12H18N2O3. The van der Waals surface area contributed by atoms with Crippen LogP contribution in [0.4, 0.5) is 0 Å². The molecule has 5 nitrogen and oxygen atoms in total. The van der Waals surface area contributed by atoms with Crippen LogP contribution < -0.4 is 5.43 Å². The van der Waals surface area contributed by atoms with E-state index >= 15 is 0 Å². The van der Waals surface area contributed by atoms with Crippen LogP contribution in [0.25, 0.3) is 0 Å². The van der Waals surface area contributed by atoms with Crippen molar-refractivity contribution in [3.8, 4) is 0 Å². The molecule has 1 aromatic heterocycles. The minimum Gasteiger partial charge on any atom is -0.481 e. The molecule has 0 aromatic carbocycles. The molecule has 1 heterocycles. The number of rotatable bonds is 6. The molecule has 0 atom stereocenters. The molecule has 0 fully saturated rings. The summed E-state index contributed by atoms with van der Waals surface area (Å²) in [5, 5.41) is 8.45. The summed E-state index contributed by atoms with van der Waals surface area (Å²) >= 11 is 0. The molecule has 1 aromatic rings. The Kier molecular flexibility index (Phi) is 4.75. The van der Waals surface area contributed by atoms with Gasteiger partial charge in [0.25, 0.3) is 0 Å². The van der Waals surface area contributed by atoms with E-state index in [0.717, 1.165) is 11.4 Å². The topological polar surface area (TPSA) is 71.3 Å². The fourth-order valence-electron chi connectivity index (χ4n) is 1.59. The van der Waals surface area contributed by atoms with Crippen molar-refractivity contribution < 1.29 is 14.7 Å². The number of hydrogen-bond donors (Lipinski definition) is 2. The number of carbonyl (C=O) groups excluding carboxylic acids is 1. The second-order valence-electron chi connectivity index (χ2n) is 4.09. The lowest BCUT2D eigenvalue weighted by Crippen LogP contribution is -2.24. The van der Waals surface area contributed by atoms with E-state index in [1.54, 1.807) is 4.68 Å². The molecule has 0 spiro atoms. The van der Waals surface area contributed by atoms with E-state index in [-0.39, 0.29) is 12.3 Å². The average Bonchev–Trinajstić information content (AvgIpc) is 2.56. The highest BCUT2D eigenvalue weighted by molar-refractivity contribution is 5.83. The van der Waals surface area contributed by atoms with Crippen molar-refractivity contribution in [1.82, 2.24) is 4.68 Å². The van der Waals surface area contributed by atoms with E-state index in [9.17, 15) is 9.59 Å². The highest BCUT2D eigenvalue weighted by atomic mass is 16.4. The normalized spacial score (nSPS) is 10.2. The third-order valence-corrected chi connectivity index (χ3v) is 2.55. The van der Waals surface area contributed by atoms with Crippen LogP contribution in [0.15, 0.2) is 12.1 Å². The molecule has 94 valence electrons. The first-order valence-electron chi connectivity index (χ1n) is 5.67. The maximum atomic E-state index is 11.6. The Balaban J connectivity index is 2.33. The van der Waals surface area contributed by atoms with Crippen molar-refractivity contribution in [1.29, 1.82) is 0 Å². The van der Waals surface area contributed by atoms with Gasteiger partial charge < -0.3 is 5.11 Å². The number of unbranched alkanes of at least 4 members (excludes halogenated alkanes) is 1. The smallest absolute Gasteiger partial charge is 0.303 e. The zero-order valence-electron chi connectivity index (χ0n) is 10.2. The number of hydrogen-bond acceptors (Lipinski definition) is 2. The number of aromatic nitrogens is 1. The van der Waals surface area contributed by atoms with Crippen molar-refractivity contribution in [3.63, 3.8) is 0 Å². The SMILES string of the molecule is Cc1ccc(C)n1NC(=O)CCCCC(=O)O. The van der Waals surface area contributed by atoms with Gasteiger partial charge in [-0.05, 0) is 38.8 Å². The number of carboxylic acid groups (broad SMARTS) is 1. The lowest BCUT2D eigenvalue weighted by molar-refractivity contribution is -0.137. The number of aliphatic carboxylic acids is 1. The van der Waals surface area contributed by atoms with Gasteiger partial charge in [0.05, 0.1) is 0 Å². The van der Waals surface area contributed by atoms with Crippen molar-refractivity contribution in [2.45, 2.75) is 39.5 Å². The maximum absolute atomic E-state index is 11.6. The van der Waals surface area contributed by atoms with Crippen molar-refractivity contribution in [3.05, 3.63) is 23.5 Å². The number of amides is 1. The number of carboxylic acids is 1. The lowest BCUT2D eigenvalue weighted by Gasteiger charge is -2.10. The predicted molar refractivity (Wildman–Crippen MR) is 64.4 cm³/mol. The molecule has 17 heavy (non-hydrogen) atoms. The minimum atomic E-state index is -0.817. The summed E-state index contributed by atoms with van der Waals surface area (Å²) in [6.07, 6.45) is 1.60. The van der Waals surface area contributed by atoms with E-state index in [1.807, 2.05) is 26.0 Å². The van der Waals surface area contributed by atoms with Gasteiger partial charge in [-0.25, -0.2) is 0 Å². The van der Waals surface area contributed by atoms with E-state index in [1.165, 1.54) is 0 Å². The number of carbonyl (C=O) groups is 2. The summed E-state index contributed by atoms with van der Waals surface area (Å²) in [6, 6.07) is 3.86. The van der Waals surface area contributed by atoms with Gasteiger partial charge in [0, 0.05) is 24.2 Å². The molecule has 5 heteroatoms. The summed E-state index contributed by atoms with van der Waals surface area (Å²) in [5.41, 5.74) is 4.72. The first-order chi connectivity index (χ1) is 8.00. The van der Waals surface area contributed by atoms with Crippen molar-refractivity contribution >= 4 is 11.9 Å². The first-order valence-corrected chi connectivity index (χ1v) is 5.67. The van der Waals surface area contributed by atoms with Gasteiger partial charge in [-0.1, -0.05) is 0 Å². The molecule has 0 aliphatic heterocycles. The zero-order valence-corrected chi connectivity index (χ0v) is 10.2. The Labute approximate surface area is 100 Å². The lowest BCUT2D eigenvalue weighted by atomic mass is 10.2. The quantitative estimate of drug-likeness (QED) is 0.742. The second-order valence-corrected chi connectivity index (χ2v) is 4.09. The molecule has 0 bridgehead atoms. The van der Waals surface area contributed by atoms with Gasteiger partial charge in [-0.2, -0.15) is 0 Å². The molecule has 1 amide bonds. The number of nitrogens with one attached hydrogen (secondary N) is 1. The molecular weight excluding hydrogens is 220 g/mol. The Morgan fingerprint density at radius 2 is 1.71 bits per heavy atom. The highest BCUT2D eigenvalue weighted by Crippen LogP contribution is 2.05. The zero-order chi connectivity index (χ0) is 12.8. The van der Waals surface area contributed by atoms with E-state index in [4.69, 9.17) is 5.11 Å². The highest BCUT2D eigenvalue weighted by Gasteiger charge is 2.06. The molecule has 0 aliphatic rings. The van der Waals surface area contributed by atoms with Gasteiger partial charge in [0.15, 0.2) is 0 Å². The van der Waals surface area contributed by atoms with Gasteiger partial charge in [0.1, 0.15) is 0 Å². The van der Waals surface area contributed by atoms with Crippen LogP contribution in [0.2, 0.25) is 0 Å². The first kappa shape index (κ1) is 13.3. The summed E-state index contributed by atoms with van der Waals surface area (Å²) in [6.45, 7) is 3.83. The number of nitrogens with zero attached hydrogens (tertiary/aromatic N) is 1. The van der Waals surface area contributed by atoms with Crippen LogP contribution in [0.3, 0.4) is 0 Å². The Hall–Kier alpha value is -1.78. The van der Waals surface area contributed by atoms with Crippen LogP contribution in [-0.2, 0) is 9.59 Å². The molecule has 0 radical (unpaired) electrons. The van der Waals surface area contributed by atoms with Crippen LogP contribution in [0, 0.1) is 13.8 Å².